The van der Waals surface area contributed by atoms with Gasteiger partial charge in [-0.05, 0) is 38.1 Å². The number of rotatable bonds is 3. The van der Waals surface area contributed by atoms with Gasteiger partial charge in [0.05, 0.1) is 11.0 Å². The summed E-state index contributed by atoms with van der Waals surface area (Å²) in [5, 5.41) is 5.63. The second-order valence-corrected chi connectivity index (χ2v) is 5.11. The van der Waals surface area contributed by atoms with Crippen molar-refractivity contribution in [2.24, 2.45) is 0 Å². The highest BCUT2D eigenvalue weighted by molar-refractivity contribution is 5.99. The van der Waals surface area contributed by atoms with Crippen LogP contribution in [0.25, 0.3) is 11.0 Å². The maximum absolute atomic E-state index is 12.1. The van der Waals surface area contributed by atoms with Crippen molar-refractivity contribution < 1.29 is 4.79 Å². The van der Waals surface area contributed by atoms with Gasteiger partial charge in [0.1, 0.15) is 0 Å². The summed E-state index contributed by atoms with van der Waals surface area (Å²) in [6, 6.07) is 15.2. The Kier molecular flexibility index (Phi) is 3.78. The number of carbonyl (C=O) groups is 1. The van der Waals surface area contributed by atoms with Crippen LogP contribution in [0.4, 0.5) is 16.4 Å². The molecule has 5 heteroatoms. The Morgan fingerprint density at radius 1 is 1.09 bits per heavy atom. The van der Waals surface area contributed by atoms with Crippen LogP contribution in [0.1, 0.15) is 12.5 Å². The lowest BCUT2D eigenvalue weighted by atomic mass is 10.2. The van der Waals surface area contributed by atoms with Gasteiger partial charge < -0.3 is 9.88 Å². The van der Waals surface area contributed by atoms with E-state index in [1.165, 1.54) is 0 Å². The normalized spacial score (nSPS) is 10.6. The first-order valence-corrected chi connectivity index (χ1v) is 7.27. The van der Waals surface area contributed by atoms with E-state index >= 15 is 0 Å². The number of carbonyl (C=O) groups excluding carboxylic acids is 1. The van der Waals surface area contributed by atoms with Gasteiger partial charge in [-0.1, -0.05) is 29.8 Å². The Morgan fingerprint density at radius 2 is 1.82 bits per heavy atom. The Morgan fingerprint density at radius 3 is 2.55 bits per heavy atom. The maximum atomic E-state index is 12.1. The van der Waals surface area contributed by atoms with Crippen molar-refractivity contribution in [3.63, 3.8) is 0 Å². The molecule has 0 bridgehead atoms. The molecule has 1 aromatic heterocycles. The summed E-state index contributed by atoms with van der Waals surface area (Å²) in [7, 11) is 0. The van der Waals surface area contributed by atoms with Gasteiger partial charge in [0.15, 0.2) is 0 Å². The van der Waals surface area contributed by atoms with Crippen LogP contribution in [0.15, 0.2) is 48.5 Å². The summed E-state index contributed by atoms with van der Waals surface area (Å²) >= 11 is 0. The van der Waals surface area contributed by atoms with Crippen LogP contribution in [0, 0.1) is 6.92 Å². The Bertz CT molecular complexity index is 805. The second-order valence-electron chi connectivity index (χ2n) is 5.11. The molecule has 0 saturated heterocycles. The fraction of sp³-hybridized carbons (Fsp3) is 0.176. The summed E-state index contributed by atoms with van der Waals surface area (Å²) in [6.45, 7) is 4.77. The van der Waals surface area contributed by atoms with E-state index in [9.17, 15) is 4.79 Å². The number of imidazole rings is 1. The van der Waals surface area contributed by atoms with Crippen LogP contribution >= 0.6 is 0 Å². The molecule has 0 unspecified atom stereocenters. The van der Waals surface area contributed by atoms with Crippen LogP contribution in [0.2, 0.25) is 0 Å². The number of amides is 2. The van der Waals surface area contributed by atoms with E-state index in [4.69, 9.17) is 0 Å². The average Bonchev–Trinajstić information content (AvgIpc) is 2.86. The third kappa shape index (κ3) is 2.79. The molecule has 3 rings (SSSR count). The van der Waals surface area contributed by atoms with Crippen molar-refractivity contribution in [2.75, 3.05) is 10.6 Å². The lowest BCUT2D eigenvalue weighted by Gasteiger charge is -2.09. The number of para-hydroxylation sites is 2. The van der Waals surface area contributed by atoms with Gasteiger partial charge in [0.2, 0.25) is 5.95 Å². The number of nitrogens with one attached hydrogen (secondary N) is 2. The Labute approximate surface area is 129 Å². The van der Waals surface area contributed by atoms with Crippen molar-refractivity contribution in [3.8, 4) is 0 Å². The quantitative estimate of drug-likeness (QED) is 0.766. The molecule has 22 heavy (non-hydrogen) atoms. The van der Waals surface area contributed by atoms with Crippen molar-refractivity contribution in [1.29, 1.82) is 0 Å². The highest BCUT2D eigenvalue weighted by Crippen LogP contribution is 2.19. The molecule has 2 aromatic carbocycles. The van der Waals surface area contributed by atoms with Gasteiger partial charge in [-0.3, -0.25) is 5.32 Å². The summed E-state index contributed by atoms with van der Waals surface area (Å²) in [5.74, 6) is 0.549. The molecule has 2 amide bonds. The first kappa shape index (κ1) is 14.1. The number of aryl methyl sites for hydroxylation is 2. The topological polar surface area (TPSA) is 59.0 Å². The Balaban J connectivity index is 1.80. The highest BCUT2D eigenvalue weighted by atomic mass is 16.2. The molecule has 5 nitrogen and oxygen atoms in total. The number of urea groups is 1. The summed E-state index contributed by atoms with van der Waals surface area (Å²) in [4.78, 5) is 16.6. The zero-order valence-corrected chi connectivity index (χ0v) is 12.6. The van der Waals surface area contributed by atoms with E-state index in [0.717, 1.165) is 28.8 Å². The van der Waals surface area contributed by atoms with Crippen molar-refractivity contribution in [3.05, 3.63) is 54.1 Å². The number of hydrogen-bond acceptors (Lipinski definition) is 2. The molecule has 0 radical (unpaired) electrons. The predicted octanol–water partition coefficient (Wildman–Crippen LogP) is 4.01. The molecule has 112 valence electrons. The molecule has 0 saturated carbocycles. The monoisotopic (exact) mass is 294 g/mol. The number of aromatic nitrogens is 2. The van der Waals surface area contributed by atoms with E-state index in [-0.39, 0.29) is 6.03 Å². The van der Waals surface area contributed by atoms with E-state index in [2.05, 4.69) is 15.6 Å². The van der Waals surface area contributed by atoms with Gasteiger partial charge >= 0.3 is 6.03 Å². The first-order chi connectivity index (χ1) is 10.7. The van der Waals surface area contributed by atoms with Gasteiger partial charge in [0, 0.05) is 12.2 Å². The van der Waals surface area contributed by atoms with Gasteiger partial charge in [-0.15, -0.1) is 0 Å². The molecule has 0 aliphatic rings. The first-order valence-electron chi connectivity index (χ1n) is 7.27. The fourth-order valence-electron chi connectivity index (χ4n) is 2.39. The second kappa shape index (κ2) is 5.89. The van der Waals surface area contributed by atoms with E-state index in [0.29, 0.717) is 5.95 Å². The SMILES string of the molecule is CCn1c(NC(=O)Nc2ccc(C)cc2)nc2ccccc21. The number of anilines is 2. The third-order valence-corrected chi connectivity index (χ3v) is 3.51. The molecular formula is C17H18N4O. The number of nitrogens with zero attached hydrogens (tertiary/aromatic N) is 2. The zero-order chi connectivity index (χ0) is 15.5. The molecular weight excluding hydrogens is 276 g/mol. The lowest BCUT2D eigenvalue weighted by molar-refractivity contribution is 0.262. The minimum absolute atomic E-state index is 0.297. The smallest absolute Gasteiger partial charge is 0.310 e. The number of fused-ring (bicyclic) bond motifs is 1. The van der Waals surface area contributed by atoms with Crippen LogP contribution in [0.5, 0.6) is 0 Å². The largest absolute Gasteiger partial charge is 0.326 e. The van der Waals surface area contributed by atoms with Crippen molar-refractivity contribution in [2.45, 2.75) is 20.4 Å². The summed E-state index contributed by atoms with van der Waals surface area (Å²) in [6.07, 6.45) is 0. The van der Waals surface area contributed by atoms with Gasteiger partial charge in [0.25, 0.3) is 0 Å². The average molecular weight is 294 g/mol. The van der Waals surface area contributed by atoms with Crippen LogP contribution in [-0.2, 0) is 6.54 Å². The molecule has 0 fully saturated rings. The molecule has 0 aliphatic heterocycles. The van der Waals surface area contributed by atoms with Crippen LogP contribution in [-0.4, -0.2) is 15.6 Å². The van der Waals surface area contributed by atoms with Crippen molar-refractivity contribution in [1.82, 2.24) is 9.55 Å². The van der Waals surface area contributed by atoms with Gasteiger partial charge in [-0.25, -0.2) is 9.78 Å². The molecule has 2 N–H and O–H groups in total. The highest BCUT2D eigenvalue weighted by Gasteiger charge is 2.11. The molecule has 0 spiro atoms. The fourth-order valence-corrected chi connectivity index (χ4v) is 2.39. The standard InChI is InChI=1S/C17H18N4O/c1-3-21-15-7-5-4-6-14(15)19-16(21)20-17(22)18-13-10-8-12(2)9-11-13/h4-11H,3H2,1-2H3,(H2,18,19,20,22). The molecule has 3 aromatic rings. The molecule has 1 heterocycles. The van der Waals surface area contributed by atoms with Crippen LogP contribution in [0.3, 0.4) is 0 Å². The summed E-state index contributed by atoms with van der Waals surface area (Å²) in [5.41, 5.74) is 3.78. The minimum atomic E-state index is -0.297. The summed E-state index contributed by atoms with van der Waals surface area (Å²) < 4.78 is 1.98. The Hall–Kier alpha value is -2.82. The zero-order valence-electron chi connectivity index (χ0n) is 12.6. The maximum Gasteiger partial charge on any atom is 0.326 e. The van der Waals surface area contributed by atoms with Crippen LogP contribution < -0.4 is 10.6 Å². The van der Waals surface area contributed by atoms with Gasteiger partial charge in [-0.2, -0.15) is 0 Å². The van der Waals surface area contributed by atoms with Crippen molar-refractivity contribution >= 4 is 28.7 Å². The number of benzene rings is 2. The predicted molar refractivity (Wildman–Crippen MR) is 89.2 cm³/mol. The molecule has 0 aliphatic carbocycles. The minimum Gasteiger partial charge on any atom is -0.310 e. The molecule has 0 atom stereocenters. The van der Waals surface area contributed by atoms with E-state index in [1.807, 2.05) is 66.9 Å². The van der Waals surface area contributed by atoms with E-state index < -0.39 is 0 Å². The van der Waals surface area contributed by atoms with E-state index in [1.54, 1.807) is 0 Å². The lowest BCUT2D eigenvalue weighted by Crippen LogP contribution is -2.21. The third-order valence-electron chi connectivity index (χ3n) is 3.51. The number of hydrogen-bond donors (Lipinski definition) is 2.